The molecular weight excluding hydrogens is 340 g/mol. The number of carbonyl (C=O) groups is 1. The van der Waals surface area contributed by atoms with E-state index >= 15 is 0 Å². The Hall–Kier alpha value is -1.60. The summed E-state index contributed by atoms with van der Waals surface area (Å²) in [6.07, 6.45) is 2.00. The number of unbranched alkanes of at least 4 members (excludes halogenated alkanes) is 1. The van der Waals surface area contributed by atoms with Gasteiger partial charge >= 0.3 is 0 Å². The molecule has 0 spiro atoms. The topological polar surface area (TPSA) is 75.7 Å². The summed E-state index contributed by atoms with van der Waals surface area (Å²) in [5.41, 5.74) is 0.392. The van der Waals surface area contributed by atoms with Crippen LogP contribution in [-0.4, -0.2) is 37.8 Å². The van der Waals surface area contributed by atoms with Gasteiger partial charge in [0, 0.05) is 19.5 Å². The first-order chi connectivity index (χ1) is 11.8. The van der Waals surface area contributed by atoms with Crippen molar-refractivity contribution in [2.75, 3.05) is 18.4 Å². The van der Waals surface area contributed by atoms with Gasteiger partial charge in [0.15, 0.2) is 0 Å². The van der Waals surface area contributed by atoms with E-state index in [2.05, 4.69) is 5.32 Å². The van der Waals surface area contributed by atoms with Gasteiger partial charge in [0.1, 0.15) is 5.75 Å². The Bertz CT molecular complexity index is 668. The molecule has 0 aliphatic rings. The van der Waals surface area contributed by atoms with Crippen molar-refractivity contribution < 1.29 is 17.9 Å². The molecule has 0 aliphatic carbocycles. The Labute approximate surface area is 151 Å². The number of nitrogens with zero attached hydrogens (tertiary/aromatic N) is 1. The van der Waals surface area contributed by atoms with E-state index < -0.39 is 10.0 Å². The summed E-state index contributed by atoms with van der Waals surface area (Å²) in [6.45, 7) is 10.1. The highest BCUT2D eigenvalue weighted by Crippen LogP contribution is 2.30. The summed E-state index contributed by atoms with van der Waals surface area (Å²) in [6, 6.07) is 4.61. The van der Waals surface area contributed by atoms with Gasteiger partial charge in [-0.25, -0.2) is 8.42 Å². The van der Waals surface area contributed by atoms with E-state index in [1.165, 1.54) is 16.4 Å². The van der Waals surface area contributed by atoms with Gasteiger partial charge in [-0.05, 0) is 38.5 Å². The third-order valence-electron chi connectivity index (χ3n) is 3.69. The van der Waals surface area contributed by atoms with Crippen molar-refractivity contribution >= 4 is 21.6 Å². The standard InChI is InChI=1S/C18H30N2O4S/c1-6-9-10-18(21)19-16-13-15(11-12-17(16)24-14(4)5)25(22,23)20(7-2)8-3/h11-14H,6-10H2,1-5H3,(H,19,21). The van der Waals surface area contributed by atoms with Gasteiger partial charge in [-0.15, -0.1) is 0 Å². The van der Waals surface area contributed by atoms with Crippen LogP contribution in [0.4, 0.5) is 5.69 Å². The molecular formula is C18H30N2O4S. The second-order valence-corrected chi connectivity index (χ2v) is 8.00. The number of hydrogen-bond acceptors (Lipinski definition) is 4. The second kappa shape index (κ2) is 9.77. The lowest BCUT2D eigenvalue weighted by atomic mass is 10.2. The number of hydrogen-bond donors (Lipinski definition) is 1. The van der Waals surface area contributed by atoms with Gasteiger partial charge < -0.3 is 10.1 Å². The fourth-order valence-corrected chi connectivity index (χ4v) is 3.87. The van der Waals surface area contributed by atoms with Crippen LogP contribution in [0.5, 0.6) is 5.75 Å². The molecule has 0 saturated carbocycles. The maximum absolute atomic E-state index is 12.7. The van der Waals surface area contributed by atoms with Crippen LogP contribution < -0.4 is 10.1 Å². The second-order valence-electron chi connectivity index (χ2n) is 6.07. The monoisotopic (exact) mass is 370 g/mol. The van der Waals surface area contributed by atoms with Crippen LogP contribution in [0, 0.1) is 0 Å². The Morgan fingerprint density at radius 3 is 2.36 bits per heavy atom. The van der Waals surface area contributed by atoms with Gasteiger partial charge in [-0.2, -0.15) is 4.31 Å². The van der Waals surface area contributed by atoms with E-state index in [1.54, 1.807) is 19.9 Å². The quantitative estimate of drug-likeness (QED) is 0.682. The van der Waals surface area contributed by atoms with Gasteiger partial charge in [0.25, 0.3) is 0 Å². The van der Waals surface area contributed by atoms with Crippen LogP contribution >= 0.6 is 0 Å². The first-order valence-corrected chi connectivity index (χ1v) is 10.3. The molecule has 0 heterocycles. The number of carbonyl (C=O) groups excluding carboxylic acids is 1. The number of rotatable bonds is 10. The molecule has 1 rings (SSSR count). The summed E-state index contributed by atoms with van der Waals surface area (Å²) in [7, 11) is -3.60. The first kappa shape index (κ1) is 21.4. The normalized spacial score (nSPS) is 11.8. The third-order valence-corrected chi connectivity index (χ3v) is 5.73. The number of ether oxygens (including phenoxy) is 1. The van der Waals surface area contributed by atoms with Gasteiger partial charge in [0.2, 0.25) is 15.9 Å². The zero-order chi connectivity index (χ0) is 19.0. The molecule has 0 bridgehead atoms. The summed E-state index contributed by atoms with van der Waals surface area (Å²) in [5, 5.41) is 2.79. The fourth-order valence-electron chi connectivity index (χ4n) is 2.39. The zero-order valence-corrected chi connectivity index (χ0v) is 16.6. The molecule has 1 aromatic carbocycles. The zero-order valence-electron chi connectivity index (χ0n) is 15.8. The Balaban J connectivity index is 3.23. The average Bonchev–Trinajstić information content (AvgIpc) is 2.54. The highest BCUT2D eigenvalue weighted by atomic mass is 32.2. The van der Waals surface area contributed by atoms with Crippen molar-refractivity contribution in [2.45, 2.75) is 64.9 Å². The van der Waals surface area contributed by atoms with Crippen molar-refractivity contribution in [3.05, 3.63) is 18.2 Å². The maximum atomic E-state index is 12.7. The van der Waals surface area contributed by atoms with Gasteiger partial charge in [-0.1, -0.05) is 27.2 Å². The van der Waals surface area contributed by atoms with Crippen molar-refractivity contribution in [3.63, 3.8) is 0 Å². The minimum atomic E-state index is -3.60. The van der Waals surface area contributed by atoms with Crippen molar-refractivity contribution in [1.82, 2.24) is 4.31 Å². The predicted molar refractivity (Wildman–Crippen MR) is 100 cm³/mol. The molecule has 0 fully saturated rings. The van der Waals surface area contributed by atoms with E-state index in [0.717, 1.165) is 12.8 Å². The summed E-state index contributed by atoms with van der Waals surface area (Å²) >= 11 is 0. The summed E-state index contributed by atoms with van der Waals surface area (Å²) in [5.74, 6) is 0.325. The van der Waals surface area contributed by atoms with Crippen LogP contribution in [0.3, 0.4) is 0 Å². The molecule has 0 radical (unpaired) electrons. The van der Waals surface area contributed by atoms with Crippen molar-refractivity contribution in [3.8, 4) is 5.75 Å². The number of benzene rings is 1. The van der Waals surface area contributed by atoms with E-state index in [0.29, 0.717) is 30.9 Å². The van der Waals surface area contributed by atoms with Crippen LogP contribution in [0.2, 0.25) is 0 Å². The molecule has 7 heteroatoms. The summed E-state index contributed by atoms with van der Waals surface area (Å²) < 4.78 is 32.5. The molecule has 0 unspecified atom stereocenters. The van der Waals surface area contributed by atoms with E-state index in [-0.39, 0.29) is 16.9 Å². The van der Waals surface area contributed by atoms with Gasteiger partial charge in [0.05, 0.1) is 16.7 Å². The first-order valence-electron chi connectivity index (χ1n) is 8.86. The molecule has 1 amide bonds. The number of amides is 1. The average molecular weight is 371 g/mol. The Kier molecular flexibility index (Phi) is 8.38. The molecule has 1 aromatic rings. The highest BCUT2D eigenvalue weighted by Gasteiger charge is 2.23. The van der Waals surface area contributed by atoms with E-state index in [4.69, 9.17) is 4.74 Å². The van der Waals surface area contributed by atoms with Crippen molar-refractivity contribution in [1.29, 1.82) is 0 Å². The van der Waals surface area contributed by atoms with E-state index in [1.807, 2.05) is 20.8 Å². The van der Waals surface area contributed by atoms with Crippen molar-refractivity contribution in [2.24, 2.45) is 0 Å². The van der Waals surface area contributed by atoms with E-state index in [9.17, 15) is 13.2 Å². The van der Waals surface area contributed by atoms with Crippen LogP contribution in [0.1, 0.15) is 53.9 Å². The highest BCUT2D eigenvalue weighted by molar-refractivity contribution is 7.89. The Morgan fingerprint density at radius 1 is 1.20 bits per heavy atom. The molecule has 0 aliphatic heterocycles. The maximum Gasteiger partial charge on any atom is 0.243 e. The molecule has 0 saturated heterocycles. The molecule has 1 N–H and O–H groups in total. The molecule has 0 atom stereocenters. The van der Waals surface area contributed by atoms with Crippen LogP contribution in [0.15, 0.2) is 23.1 Å². The smallest absolute Gasteiger partial charge is 0.243 e. The third kappa shape index (κ3) is 6.01. The minimum absolute atomic E-state index is 0.0865. The number of sulfonamides is 1. The largest absolute Gasteiger partial charge is 0.489 e. The summed E-state index contributed by atoms with van der Waals surface area (Å²) in [4.78, 5) is 12.2. The lowest BCUT2D eigenvalue weighted by Crippen LogP contribution is -2.30. The number of nitrogens with one attached hydrogen (secondary N) is 1. The SMILES string of the molecule is CCCCC(=O)Nc1cc(S(=O)(=O)N(CC)CC)ccc1OC(C)C. The Morgan fingerprint density at radius 2 is 1.84 bits per heavy atom. The molecule has 0 aromatic heterocycles. The lowest BCUT2D eigenvalue weighted by molar-refractivity contribution is -0.116. The lowest BCUT2D eigenvalue weighted by Gasteiger charge is -2.20. The number of anilines is 1. The van der Waals surface area contributed by atoms with Gasteiger partial charge in [-0.3, -0.25) is 4.79 Å². The molecule has 142 valence electrons. The van der Waals surface area contributed by atoms with Crippen LogP contribution in [0.25, 0.3) is 0 Å². The predicted octanol–water partition coefficient (Wildman–Crippen LogP) is 3.63. The minimum Gasteiger partial charge on any atom is -0.489 e. The fraction of sp³-hybridized carbons (Fsp3) is 0.611. The van der Waals surface area contributed by atoms with Crippen LogP contribution in [-0.2, 0) is 14.8 Å². The molecule has 25 heavy (non-hydrogen) atoms. The molecule has 6 nitrogen and oxygen atoms in total.